The van der Waals surface area contributed by atoms with E-state index in [1.54, 1.807) is 0 Å². The quantitative estimate of drug-likeness (QED) is 0.0343. The lowest BCUT2D eigenvalue weighted by Crippen LogP contribution is -2.30. The normalized spacial score (nSPS) is 12.0. The van der Waals surface area contributed by atoms with Crippen molar-refractivity contribution < 1.29 is 28.6 Å². The van der Waals surface area contributed by atoms with Crippen LogP contribution in [0.25, 0.3) is 0 Å². The highest BCUT2D eigenvalue weighted by Gasteiger charge is 2.19. The Morgan fingerprint density at radius 2 is 0.500 bits per heavy atom. The molecule has 0 heterocycles. The van der Waals surface area contributed by atoms with Gasteiger partial charge in [0.05, 0.1) is 0 Å². The second-order valence-corrected chi connectivity index (χ2v) is 21.6. The molecule has 0 aromatic carbocycles. The van der Waals surface area contributed by atoms with Gasteiger partial charge < -0.3 is 14.2 Å². The van der Waals surface area contributed by atoms with Crippen molar-refractivity contribution >= 4 is 17.9 Å². The van der Waals surface area contributed by atoms with Gasteiger partial charge in [0.15, 0.2) is 6.10 Å². The molecule has 0 fully saturated rings. The first-order chi connectivity index (χ1) is 32.2. The molecule has 0 rings (SSSR count). The van der Waals surface area contributed by atoms with Crippen molar-refractivity contribution in [1.82, 2.24) is 0 Å². The average Bonchev–Trinajstić information content (AvgIpc) is 3.29. The molecule has 0 bridgehead atoms. The Bertz CT molecular complexity index is 1010. The molecule has 66 heavy (non-hydrogen) atoms. The van der Waals surface area contributed by atoms with Gasteiger partial charge in [0, 0.05) is 19.3 Å². The summed E-state index contributed by atoms with van der Waals surface area (Å²) in [5, 5.41) is 0. The second kappa shape index (κ2) is 52.8. The van der Waals surface area contributed by atoms with Gasteiger partial charge in [0.1, 0.15) is 13.2 Å². The molecule has 0 spiro atoms. The van der Waals surface area contributed by atoms with Crippen LogP contribution < -0.4 is 0 Å². The minimum Gasteiger partial charge on any atom is -0.462 e. The maximum absolute atomic E-state index is 12.8. The lowest BCUT2D eigenvalue weighted by molar-refractivity contribution is -0.167. The van der Waals surface area contributed by atoms with Gasteiger partial charge >= 0.3 is 17.9 Å². The Morgan fingerprint density at radius 1 is 0.288 bits per heavy atom. The maximum Gasteiger partial charge on any atom is 0.306 e. The molecule has 1 atom stereocenters. The summed E-state index contributed by atoms with van der Waals surface area (Å²) >= 11 is 0. The standard InChI is InChI=1S/C60H116O6/c1-6-7-8-9-10-11-23-32-37-42-47-52-60(63)66-57(54-65-59(62)51-46-41-36-31-27-22-18-20-25-29-34-39-44-49-56(4)5)53-64-58(61)50-45-40-35-30-26-21-17-15-13-12-14-16-19-24-28-33-38-43-48-55(2)3/h55-57H,6-54H2,1-5H3/t57-/m1/s1. The van der Waals surface area contributed by atoms with Crippen LogP contribution in [-0.2, 0) is 28.6 Å². The lowest BCUT2D eigenvalue weighted by atomic mass is 10.0. The summed E-state index contributed by atoms with van der Waals surface area (Å²) in [6.45, 7) is 11.4. The predicted octanol–water partition coefficient (Wildman–Crippen LogP) is 19.7. The maximum atomic E-state index is 12.8. The van der Waals surface area contributed by atoms with Crippen LogP contribution in [0.1, 0.15) is 336 Å². The van der Waals surface area contributed by atoms with Crippen LogP contribution in [0, 0.1) is 11.8 Å². The third-order valence-corrected chi connectivity index (χ3v) is 13.7. The van der Waals surface area contributed by atoms with E-state index < -0.39 is 6.10 Å². The Morgan fingerprint density at radius 3 is 0.742 bits per heavy atom. The highest BCUT2D eigenvalue weighted by molar-refractivity contribution is 5.71. The number of carbonyl (C=O) groups excluding carboxylic acids is 3. The molecule has 0 aromatic rings. The van der Waals surface area contributed by atoms with Gasteiger partial charge in [-0.1, -0.05) is 298 Å². The van der Waals surface area contributed by atoms with E-state index in [1.807, 2.05) is 0 Å². The first-order valence-corrected chi connectivity index (χ1v) is 29.7. The van der Waals surface area contributed by atoms with E-state index in [2.05, 4.69) is 34.6 Å². The van der Waals surface area contributed by atoms with Crippen molar-refractivity contribution in [2.24, 2.45) is 11.8 Å². The summed E-state index contributed by atoms with van der Waals surface area (Å²) in [4.78, 5) is 38.1. The lowest BCUT2D eigenvalue weighted by Gasteiger charge is -2.18. The number of esters is 3. The third-order valence-electron chi connectivity index (χ3n) is 13.7. The summed E-state index contributed by atoms with van der Waals surface area (Å²) in [5.41, 5.74) is 0. The van der Waals surface area contributed by atoms with Crippen molar-refractivity contribution in [3.63, 3.8) is 0 Å². The number of hydrogen-bond donors (Lipinski definition) is 0. The molecule has 0 aliphatic heterocycles. The monoisotopic (exact) mass is 933 g/mol. The summed E-state index contributed by atoms with van der Waals surface area (Å²) in [6.07, 6.45) is 56.7. The average molecular weight is 934 g/mol. The molecule has 0 unspecified atom stereocenters. The topological polar surface area (TPSA) is 78.9 Å². The Balaban J connectivity index is 4.21. The minimum absolute atomic E-state index is 0.0624. The van der Waals surface area contributed by atoms with Gasteiger partial charge in [-0.05, 0) is 31.1 Å². The molecule has 6 nitrogen and oxygen atoms in total. The van der Waals surface area contributed by atoms with E-state index in [4.69, 9.17) is 14.2 Å². The molecule has 0 N–H and O–H groups in total. The van der Waals surface area contributed by atoms with Gasteiger partial charge in [-0.3, -0.25) is 14.4 Å². The zero-order valence-corrected chi connectivity index (χ0v) is 45.3. The first kappa shape index (κ1) is 64.4. The fraction of sp³-hybridized carbons (Fsp3) is 0.950. The van der Waals surface area contributed by atoms with Gasteiger partial charge in [0.25, 0.3) is 0 Å². The van der Waals surface area contributed by atoms with E-state index in [-0.39, 0.29) is 31.1 Å². The van der Waals surface area contributed by atoms with Crippen LogP contribution in [0.15, 0.2) is 0 Å². The van der Waals surface area contributed by atoms with E-state index in [9.17, 15) is 14.4 Å². The van der Waals surface area contributed by atoms with Crippen molar-refractivity contribution in [3.8, 4) is 0 Å². The van der Waals surface area contributed by atoms with E-state index >= 15 is 0 Å². The number of hydrogen-bond acceptors (Lipinski definition) is 6. The summed E-state index contributed by atoms with van der Waals surface area (Å²) in [6, 6.07) is 0. The van der Waals surface area contributed by atoms with Crippen LogP contribution >= 0.6 is 0 Å². The highest BCUT2D eigenvalue weighted by atomic mass is 16.6. The molecule has 392 valence electrons. The molecule has 0 aliphatic rings. The fourth-order valence-electron chi connectivity index (χ4n) is 9.23. The summed E-state index contributed by atoms with van der Waals surface area (Å²) in [7, 11) is 0. The minimum atomic E-state index is -0.762. The Labute approximate surface area is 412 Å². The van der Waals surface area contributed by atoms with Gasteiger partial charge in [-0.15, -0.1) is 0 Å². The number of ether oxygens (including phenoxy) is 3. The zero-order chi connectivity index (χ0) is 48.2. The van der Waals surface area contributed by atoms with Gasteiger partial charge in [-0.25, -0.2) is 0 Å². The smallest absolute Gasteiger partial charge is 0.306 e. The van der Waals surface area contributed by atoms with E-state index in [0.29, 0.717) is 19.3 Å². The van der Waals surface area contributed by atoms with Crippen LogP contribution in [0.5, 0.6) is 0 Å². The summed E-state index contributed by atoms with van der Waals surface area (Å²) in [5.74, 6) is 0.861. The van der Waals surface area contributed by atoms with Crippen molar-refractivity contribution in [3.05, 3.63) is 0 Å². The molecular weight excluding hydrogens is 817 g/mol. The van der Waals surface area contributed by atoms with Crippen molar-refractivity contribution in [2.45, 2.75) is 343 Å². The van der Waals surface area contributed by atoms with Crippen molar-refractivity contribution in [1.29, 1.82) is 0 Å². The molecule has 6 heteroatoms. The van der Waals surface area contributed by atoms with Crippen LogP contribution in [0.4, 0.5) is 0 Å². The fourth-order valence-corrected chi connectivity index (χ4v) is 9.23. The van der Waals surface area contributed by atoms with Crippen LogP contribution in [-0.4, -0.2) is 37.2 Å². The van der Waals surface area contributed by atoms with Crippen molar-refractivity contribution in [2.75, 3.05) is 13.2 Å². The summed E-state index contributed by atoms with van der Waals surface area (Å²) < 4.78 is 16.9. The van der Waals surface area contributed by atoms with E-state index in [1.165, 1.54) is 225 Å². The number of rotatable bonds is 54. The van der Waals surface area contributed by atoms with Gasteiger partial charge in [0.2, 0.25) is 0 Å². The molecule has 0 amide bonds. The zero-order valence-electron chi connectivity index (χ0n) is 45.3. The molecule has 0 aromatic heterocycles. The van der Waals surface area contributed by atoms with Gasteiger partial charge in [-0.2, -0.15) is 0 Å². The van der Waals surface area contributed by atoms with E-state index in [0.717, 1.165) is 69.6 Å². The molecule has 0 saturated carbocycles. The number of unbranched alkanes of at least 4 members (excludes halogenated alkanes) is 39. The molecule has 0 aliphatic carbocycles. The first-order valence-electron chi connectivity index (χ1n) is 29.7. The molecular formula is C60H116O6. The highest BCUT2D eigenvalue weighted by Crippen LogP contribution is 2.18. The Hall–Kier alpha value is -1.59. The number of carbonyl (C=O) groups is 3. The van der Waals surface area contributed by atoms with Crippen LogP contribution in [0.3, 0.4) is 0 Å². The molecule has 0 radical (unpaired) electrons. The predicted molar refractivity (Wildman–Crippen MR) is 284 cm³/mol. The second-order valence-electron chi connectivity index (χ2n) is 21.6. The largest absolute Gasteiger partial charge is 0.462 e. The van der Waals surface area contributed by atoms with Crippen LogP contribution in [0.2, 0.25) is 0 Å². The molecule has 0 saturated heterocycles. The Kier molecular flexibility index (Phi) is 51.5. The SMILES string of the molecule is CCCCCCCCCCCCCC(=O)O[C@H](COC(=O)CCCCCCCCCCCCCCCCCCCCC(C)C)COC(=O)CCCCCCCCCCCCCCCC(C)C. The third kappa shape index (κ3) is 53.4.